The summed E-state index contributed by atoms with van der Waals surface area (Å²) in [4.78, 5) is 11.8. The number of ether oxygens (including phenoxy) is 1. The molecule has 0 heterocycles. The maximum atomic E-state index is 11.8. The molecule has 3 aliphatic rings. The van der Waals surface area contributed by atoms with Gasteiger partial charge in [0.25, 0.3) is 0 Å². The van der Waals surface area contributed by atoms with Crippen LogP contribution in [0.5, 0.6) is 0 Å². The molecule has 102 valence electrons. The molecule has 3 aliphatic carbocycles. The Balaban J connectivity index is 1.67. The Morgan fingerprint density at radius 2 is 1.89 bits per heavy atom. The van der Waals surface area contributed by atoms with Crippen LogP contribution in [0.25, 0.3) is 0 Å². The Hall–Kier alpha value is -0.530. The van der Waals surface area contributed by atoms with Gasteiger partial charge in [0.15, 0.2) is 0 Å². The highest BCUT2D eigenvalue weighted by Gasteiger charge is 2.54. The zero-order valence-electron chi connectivity index (χ0n) is 11.9. The molecule has 0 aliphatic heterocycles. The van der Waals surface area contributed by atoms with Crippen LogP contribution >= 0.6 is 0 Å². The van der Waals surface area contributed by atoms with Crippen LogP contribution in [0.3, 0.4) is 0 Å². The van der Waals surface area contributed by atoms with Gasteiger partial charge in [-0.05, 0) is 75.5 Å². The summed E-state index contributed by atoms with van der Waals surface area (Å²) in [5.74, 6) is 4.71. The van der Waals surface area contributed by atoms with Crippen molar-refractivity contribution in [2.45, 2.75) is 52.4 Å². The lowest BCUT2D eigenvalue weighted by Crippen LogP contribution is -2.33. The van der Waals surface area contributed by atoms with E-state index in [0.29, 0.717) is 0 Å². The minimum absolute atomic E-state index is 0.0340. The lowest BCUT2D eigenvalue weighted by molar-refractivity contribution is -0.152. The van der Waals surface area contributed by atoms with E-state index in [1.165, 1.54) is 39.2 Å². The minimum Gasteiger partial charge on any atom is -0.469 e. The molecule has 0 aromatic carbocycles. The molecule has 5 atom stereocenters. The normalized spacial score (nSPS) is 42.1. The van der Waals surface area contributed by atoms with E-state index in [1.54, 1.807) is 0 Å². The number of rotatable bonds is 3. The summed E-state index contributed by atoms with van der Waals surface area (Å²) in [6, 6.07) is 0. The van der Waals surface area contributed by atoms with Crippen molar-refractivity contribution in [2.24, 2.45) is 35.0 Å². The minimum atomic E-state index is -0.294. The van der Waals surface area contributed by atoms with Crippen molar-refractivity contribution in [1.29, 1.82) is 0 Å². The molecular formula is C16H26O2. The Bertz CT molecular complexity index is 347. The van der Waals surface area contributed by atoms with E-state index >= 15 is 0 Å². The fraction of sp³-hybridized carbons (Fsp3) is 0.938. The molecule has 2 bridgehead atoms. The van der Waals surface area contributed by atoms with Crippen molar-refractivity contribution in [3.05, 3.63) is 0 Å². The standard InChI is InChI=1S/C16H26O2/c1-16(2,15(17)18-3)9-11-7-10-8-14(11)13-6-4-5-12(10)13/h10-14H,4-9H2,1-3H3. The first-order valence-corrected chi connectivity index (χ1v) is 7.61. The Morgan fingerprint density at radius 3 is 2.61 bits per heavy atom. The summed E-state index contributed by atoms with van der Waals surface area (Å²) in [6.07, 6.45) is 8.27. The molecule has 0 spiro atoms. The lowest BCUT2D eigenvalue weighted by Gasteiger charge is -2.35. The molecule has 3 saturated carbocycles. The number of carbonyl (C=O) groups excluding carboxylic acids is 1. The number of methoxy groups -OCH3 is 1. The SMILES string of the molecule is COC(=O)C(C)(C)CC1CC2CC1C1CCCC21. The van der Waals surface area contributed by atoms with Crippen molar-refractivity contribution in [3.63, 3.8) is 0 Å². The Morgan fingerprint density at radius 1 is 1.17 bits per heavy atom. The van der Waals surface area contributed by atoms with Crippen LogP contribution in [-0.2, 0) is 9.53 Å². The zero-order valence-corrected chi connectivity index (χ0v) is 11.9. The van der Waals surface area contributed by atoms with Crippen molar-refractivity contribution in [2.75, 3.05) is 7.11 Å². The summed E-state index contributed by atoms with van der Waals surface area (Å²) in [5, 5.41) is 0. The zero-order chi connectivity index (χ0) is 12.9. The van der Waals surface area contributed by atoms with Gasteiger partial charge in [0.05, 0.1) is 12.5 Å². The van der Waals surface area contributed by atoms with Crippen LogP contribution in [0.15, 0.2) is 0 Å². The quantitative estimate of drug-likeness (QED) is 0.715. The summed E-state index contributed by atoms with van der Waals surface area (Å²) in [7, 11) is 1.51. The number of hydrogen-bond donors (Lipinski definition) is 0. The monoisotopic (exact) mass is 250 g/mol. The van der Waals surface area contributed by atoms with Gasteiger partial charge in [0.2, 0.25) is 0 Å². The third kappa shape index (κ3) is 1.80. The summed E-state index contributed by atoms with van der Waals surface area (Å²) < 4.78 is 4.95. The van der Waals surface area contributed by atoms with Crippen LogP contribution in [0.2, 0.25) is 0 Å². The number of esters is 1. The molecule has 3 fully saturated rings. The maximum Gasteiger partial charge on any atom is 0.311 e. The highest BCUT2D eigenvalue weighted by Crippen LogP contribution is 2.62. The van der Waals surface area contributed by atoms with Gasteiger partial charge in [0.1, 0.15) is 0 Å². The van der Waals surface area contributed by atoms with Gasteiger partial charge in [-0.15, -0.1) is 0 Å². The van der Waals surface area contributed by atoms with E-state index in [9.17, 15) is 4.79 Å². The third-order valence-electron chi connectivity index (χ3n) is 6.08. The van der Waals surface area contributed by atoms with Gasteiger partial charge in [0, 0.05) is 0 Å². The van der Waals surface area contributed by atoms with Crippen molar-refractivity contribution in [3.8, 4) is 0 Å². The highest BCUT2D eigenvalue weighted by molar-refractivity contribution is 5.75. The molecule has 0 aromatic rings. The van der Waals surface area contributed by atoms with E-state index in [-0.39, 0.29) is 11.4 Å². The molecule has 5 unspecified atom stereocenters. The first-order chi connectivity index (χ1) is 8.53. The molecular weight excluding hydrogens is 224 g/mol. The Kier molecular flexibility index (Phi) is 2.95. The van der Waals surface area contributed by atoms with Crippen LogP contribution < -0.4 is 0 Å². The van der Waals surface area contributed by atoms with Crippen LogP contribution in [0, 0.1) is 35.0 Å². The van der Waals surface area contributed by atoms with E-state index in [0.717, 1.165) is 36.0 Å². The largest absolute Gasteiger partial charge is 0.469 e. The van der Waals surface area contributed by atoms with Gasteiger partial charge in [-0.25, -0.2) is 0 Å². The number of hydrogen-bond acceptors (Lipinski definition) is 2. The molecule has 2 nitrogen and oxygen atoms in total. The average Bonchev–Trinajstić information content (AvgIpc) is 2.97. The van der Waals surface area contributed by atoms with Crippen molar-refractivity contribution >= 4 is 5.97 Å². The maximum absolute atomic E-state index is 11.8. The van der Waals surface area contributed by atoms with Crippen molar-refractivity contribution in [1.82, 2.24) is 0 Å². The lowest BCUT2D eigenvalue weighted by atomic mass is 9.70. The summed E-state index contributed by atoms with van der Waals surface area (Å²) in [6.45, 7) is 4.11. The predicted molar refractivity (Wildman–Crippen MR) is 70.9 cm³/mol. The van der Waals surface area contributed by atoms with Gasteiger partial charge in [-0.1, -0.05) is 6.42 Å². The first kappa shape index (κ1) is 12.5. The highest BCUT2D eigenvalue weighted by atomic mass is 16.5. The average molecular weight is 250 g/mol. The molecule has 18 heavy (non-hydrogen) atoms. The predicted octanol–water partition coefficient (Wildman–Crippen LogP) is 3.65. The second-order valence-electron chi connectivity index (χ2n) is 7.49. The van der Waals surface area contributed by atoms with Gasteiger partial charge >= 0.3 is 5.97 Å². The van der Waals surface area contributed by atoms with E-state index in [4.69, 9.17) is 4.74 Å². The second kappa shape index (κ2) is 4.25. The molecule has 3 rings (SSSR count). The van der Waals surface area contributed by atoms with Gasteiger partial charge in [-0.3, -0.25) is 4.79 Å². The smallest absolute Gasteiger partial charge is 0.311 e. The number of carbonyl (C=O) groups is 1. The fourth-order valence-corrected chi connectivity index (χ4v) is 5.46. The summed E-state index contributed by atoms with van der Waals surface area (Å²) >= 11 is 0. The topological polar surface area (TPSA) is 26.3 Å². The van der Waals surface area contributed by atoms with Crippen molar-refractivity contribution < 1.29 is 9.53 Å². The fourth-order valence-electron chi connectivity index (χ4n) is 5.46. The molecule has 0 radical (unpaired) electrons. The van der Waals surface area contributed by atoms with E-state index in [2.05, 4.69) is 13.8 Å². The van der Waals surface area contributed by atoms with E-state index in [1.807, 2.05) is 0 Å². The van der Waals surface area contributed by atoms with Gasteiger partial charge in [-0.2, -0.15) is 0 Å². The first-order valence-electron chi connectivity index (χ1n) is 7.61. The van der Waals surface area contributed by atoms with Gasteiger partial charge < -0.3 is 4.74 Å². The van der Waals surface area contributed by atoms with Crippen LogP contribution in [0.1, 0.15) is 52.4 Å². The number of fused-ring (bicyclic) bond motifs is 5. The second-order valence-corrected chi connectivity index (χ2v) is 7.49. The van der Waals surface area contributed by atoms with Crippen LogP contribution in [0.4, 0.5) is 0 Å². The molecule has 0 saturated heterocycles. The third-order valence-corrected chi connectivity index (χ3v) is 6.08. The molecule has 2 heteroatoms. The molecule has 0 amide bonds. The van der Waals surface area contributed by atoms with E-state index < -0.39 is 0 Å². The molecule has 0 aromatic heterocycles. The Labute approximate surface area is 110 Å². The molecule has 0 N–H and O–H groups in total. The van der Waals surface area contributed by atoms with Crippen LogP contribution in [-0.4, -0.2) is 13.1 Å². The summed E-state index contributed by atoms with van der Waals surface area (Å²) in [5.41, 5.74) is -0.294.